The van der Waals surface area contributed by atoms with E-state index in [9.17, 15) is 9.59 Å². The number of amides is 3. The van der Waals surface area contributed by atoms with Gasteiger partial charge in [0, 0.05) is 32.2 Å². The molecule has 3 aliphatic rings. The quantitative estimate of drug-likeness (QED) is 0.754. The highest BCUT2D eigenvalue weighted by molar-refractivity contribution is 5.93. The molecular weight excluding hydrogens is 344 g/mol. The molecule has 2 fully saturated rings. The van der Waals surface area contributed by atoms with E-state index in [2.05, 4.69) is 26.1 Å². The summed E-state index contributed by atoms with van der Waals surface area (Å²) in [5.74, 6) is 1.21. The zero-order valence-electron chi connectivity index (χ0n) is 14.7. The monoisotopic (exact) mass is 364 g/mol. The standard InChI is InChI=1S/C19H20N6O2/c26-18(22-17-13-7-20-8-14(13)17)15-5-6-16(24-23-15)21-19(27)25-9-11-3-1-2-4-12(11)10-25/h1-6,13-14,17,20H,7-10H2,(H,22,26)(H,21,24,27)/t13-,14+,17?. The topological polar surface area (TPSA) is 99.2 Å². The van der Waals surface area contributed by atoms with Crippen molar-refractivity contribution in [3.63, 3.8) is 0 Å². The van der Waals surface area contributed by atoms with Crippen LogP contribution < -0.4 is 16.0 Å². The Morgan fingerprint density at radius 2 is 1.70 bits per heavy atom. The summed E-state index contributed by atoms with van der Waals surface area (Å²) >= 11 is 0. The van der Waals surface area contributed by atoms with Gasteiger partial charge in [-0.15, -0.1) is 10.2 Å². The van der Waals surface area contributed by atoms with E-state index in [1.165, 1.54) is 0 Å². The maximum Gasteiger partial charge on any atom is 0.323 e. The lowest BCUT2D eigenvalue weighted by Crippen LogP contribution is -2.33. The number of aromatic nitrogens is 2. The number of rotatable bonds is 3. The first-order valence-electron chi connectivity index (χ1n) is 9.17. The van der Waals surface area contributed by atoms with Gasteiger partial charge in [0.15, 0.2) is 11.5 Å². The molecule has 3 N–H and O–H groups in total. The third kappa shape index (κ3) is 3.02. The summed E-state index contributed by atoms with van der Waals surface area (Å²) in [5, 5.41) is 17.0. The van der Waals surface area contributed by atoms with Gasteiger partial charge in [-0.25, -0.2) is 4.79 Å². The van der Waals surface area contributed by atoms with Crippen LogP contribution in [0.15, 0.2) is 36.4 Å². The molecule has 27 heavy (non-hydrogen) atoms. The molecular formula is C19H20N6O2. The molecule has 1 aliphatic carbocycles. The smallest absolute Gasteiger partial charge is 0.323 e. The second kappa shape index (κ2) is 6.31. The van der Waals surface area contributed by atoms with Crippen LogP contribution in [0.3, 0.4) is 0 Å². The van der Waals surface area contributed by atoms with E-state index < -0.39 is 0 Å². The molecule has 1 saturated heterocycles. The van der Waals surface area contributed by atoms with Crippen LogP contribution in [0.5, 0.6) is 0 Å². The minimum absolute atomic E-state index is 0.213. The average Bonchev–Trinajstić information content (AvgIpc) is 3.09. The van der Waals surface area contributed by atoms with Crippen molar-refractivity contribution < 1.29 is 9.59 Å². The molecule has 8 nitrogen and oxygen atoms in total. The molecule has 1 unspecified atom stereocenters. The van der Waals surface area contributed by atoms with Crippen LogP contribution in [-0.2, 0) is 13.1 Å². The van der Waals surface area contributed by atoms with Gasteiger partial charge >= 0.3 is 6.03 Å². The summed E-state index contributed by atoms with van der Waals surface area (Å²) in [6.07, 6.45) is 0. The summed E-state index contributed by atoms with van der Waals surface area (Å²) in [4.78, 5) is 26.4. The Bertz CT molecular complexity index is 864. The van der Waals surface area contributed by atoms with Crippen molar-refractivity contribution in [3.8, 4) is 0 Å². The van der Waals surface area contributed by atoms with Gasteiger partial charge in [0.25, 0.3) is 5.91 Å². The summed E-state index contributed by atoms with van der Waals surface area (Å²) in [6.45, 7) is 3.09. The molecule has 0 radical (unpaired) electrons. The molecule has 2 aliphatic heterocycles. The van der Waals surface area contributed by atoms with Crippen molar-refractivity contribution in [2.45, 2.75) is 19.1 Å². The number of anilines is 1. The van der Waals surface area contributed by atoms with Crippen molar-refractivity contribution in [2.24, 2.45) is 11.8 Å². The van der Waals surface area contributed by atoms with Gasteiger partial charge < -0.3 is 15.5 Å². The van der Waals surface area contributed by atoms with Gasteiger partial charge in [0.1, 0.15) is 0 Å². The molecule has 3 amide bonds. The second-order valence-electron chi connectivity index (χ2n) is 7.34. The van der Waals surface area contributed by atoms with Crippen LogP contribution >= 0.6 is 0 Å². The molecule has 1 aromatic carbocycles. The van der Waals surface area contributed by atoms with E-state index in [1.54, 1.807) is 17.0 Å². The fourth-order valence-electron chi connectivity index (χ4n) is 4.04. The van der Waals surface area contributed by atoms with Gasteiger partial charge in [-0.1, -0.05) is 24.3 Å². The van der Waals surface area contributed by atoms with Crippen LogP contribution in [-0.4, -0.2) is 46.2 Å². The van der Waals surface area contributed by atoms with Gasteiger partial charge in [0.05, 0.1) is 0 Å². The van der Waals surface area contributed by atoms with E-state index in [1.807, 2.05) is 24.3 Å². The van der Waals surface area contributed by atoms with Crippen LogP contribution in [0.25, 0.3) is 0 Å². The molecule has 2 aromatic rings. The number of piperidine rings is 1. The Balaban J connectivity index is 1.17. The summed E-state index contributed by atoms with van der Waals surface area (Å²) in [6, 6.07) is 11.2. The lowest BCUT2D eigenvalue weighted by molar-refractivity contribution is 0.0940. The lowest BCUT2D eigenvalue weighted by atomic mass is 10.1. The number of nitrogens with zero attached hydrogens (tertiary/aromatic N) is 3. The molecule has 8 heteroatoms. The lowest BCUT2D eigenvalue weighted by Gasteiger charge is -2.15. The largest absolute Gasteiger partial charge is 0.347 e. The molecule has 138 valence electrons. The van der Waals surface area contributed by atoms with Gasteiger partial charge in [-0.2, -0.15) is 0 Å². The SMILES string of the molecule is O=C(NC1[C@H]2CNC[C@@H]12)c1ccc(NC(=O)N2Cc3ccccc3C2)nn1. The van der Waals surface area contributed by atoms with Crippen molar-refractivity contribution >= 4 is 17.8 Å². The normalized spacial score (nSPS) is 24.9. The highest BCUT2D eigenvalue weighted by Gasteiger charge is 2.53. The van der Waals surface area contributed by atoms with Crippen LogP contribution in [0.2, 0.25) is 0 Å². The number of nitrogens with one attached hydrogen (secondary N) is 3. The Morgan fingerprint density at radius 1 is 1.00 bits per heavy atom. The fourth-order valence-corrected chi connectivity index (χ4v) is 4.04. The molecule has 3 heterocycles. The fraction of sp³-hybridized carbons (Fsp3) is 0.368. The van der Waals surface area contributed by atoms with Crippen molar-refractivity contribution in [1.82, 2.24) is 25.7 Å². The number of fused-ring (bicyclic) bond motifs is 2. The third-order valence-electron chi connectivity index (χ3n) is 5.65. The van der Waals surface area contributed by atoms with E-state index in [-0.39, 0.29) is 23.7 Å². The minimum atomic E-state index is -0.226. The number of hydrogen-bond donors (Lipinski definition) is 3. The Kier molecular flexibility index (Phi) is 3.78. The van der Waals surface area contributed by atoms with Crippen LogP contribution in [0.1, 0.15) is 21.6 Å². The first-order valence-corrected chi connectivity index (χ1v) is 9.17. The molecule has 5 rings (SSSR count). The second-order valence-corrected chi connectivity index (χ2v) is 7.34. The van der Waals surface area contributed by atoms with Crippen LogP contribution in [0.4, 0.5) is 10.6 Å². The van der Waals surface area contributed by atoms with E-state index >= 15 is 0 Å². The summed E-state index contributed by atoms with van der Waals surface area (Å²) in [5.41, 5.74) is 2.58. The first kappa shape index (κ1) is 16.2. The van der Waals surface area contributed by atoms with Gasteiger partial charge in [-0.05, 0) is 35.1 Å². The first-order chi connectivity index (χ1) is 13.2. The van der Waals surface area contributed by atoms with Crippen molar-refractivity contribution in [1.29, 1.82) is 0 Å². The maximum absolute atomic E-state index is 12.4. The van der Waals surface area contributed by atoms with Gasteiger partial charge in [-0.3, -0.25) is 10.1 Å². The molecule has 1 saturated carbocycles. The average molecular weight is 364 g/mol. The number of hydrogen-bond acceptors (Lipinski definition) is 5. The molecule has 0 spiro atoms. The van der Waals surface area contributed by atoms with Gasteiger partial charge in [0.2, 0.25) is 0 Å². The Labute approximate surface area is 156 Å². The molecule has 3 atom stereocenters. The molecule has 1 aromatic heterocycles. The van der Waals surface area contributed by atoms with Crippen molar-refractivity contribution in [2.75, 3.05) is 18.4 Å². The Morgan fingerprint density at radius 3 is 2.33 bits per heavy atom. The van der Waals surface area contributed by atoms with Crippen molar-refractivity contribution in [3.05, 3.63) is 53.2 Å². The van der Waals surface area contributed by atoms with E-state index in [4.69, 9.17) is 0 Å². The summed E-state index contributed by atoms with van der Waals surface area (Å²) < 4.78 is 0. The number of carbonyl (C=O) groups excluding carboxylic acids is 2. The predicted molar refractivity (Wildman–Crippen MR) is 97.8 cm³/mol. The van der Waals surface area contributed by atoms with E-state index in [0.29, 0.717) is 30.7 Å². The molecule has 0 bridgehead atoms. The van der Waals surface area contributed by atoms with Crippen LogP contribution in [0, 0.1) is 11.8 Å². The minimum Gasteiger partial charge on any atom is -0.347 e. The predicted octanol–water partition coefficient (Wildman–Crippen LogP) is 0.972. The zero-order valence-corrected chi connectivity index (χ0v) is 14.7. The number of benzene rings is 1. The summed E-state index contributed by atoms with van der Waals surface area (Å²) in [7, 11) is 0. The maximum atomic E-state index is 12.4. The van der Waals surface area contributed by atoms with E-state index in [0.717, 1.165) is 24.2 Å². The highest BCUT2D eigenvalue weighted by Crippen LogP contribution is 2.41. The number of urea groups is 1. The highest BCUT2D eigenvalue weighted by atomic mass is 16.2. The third-order valence-corrected chi connectivity index (χ3v) is 5.65. The Hall–Kier alpha value is -3.00. The zero-order chi connectivity index (χ0) is 18.4. The number of carbonyl (C=O) groups is 2.